The van der Waals surface area contributed by atoms with Gasteiger partial charge in [-0.2, -0.15) is 23.4 Å². The van der Waals surface area contributed by atoms with Crippen molar-refractivity contribution in [1.82, 2.24) is 9.88 Å². The summed E-state index contributed by atoms with van der Waals surface area (Å²) in [5, 5.41) is 33.4. The Kier molecular flexibility index (Phi) is 6.27. The zero-order valence-corrected chi connectivity index (χ0v) is 19.4. The minimum Gasteiger partial charge on any atom is -0.493 e. The first kappa shape index (κ1) is 24.3. The Labute approximate surface area is 205 Å². The standard InChI is InChI=1S/C24H20F4N4O3S/c25-15-3-1-13(17(9-15)24(26,27)28)8-16(12-2-4-18-14(7-12)10-30-31-18)21-22(34)32(23(35)36-21)19-5-6-29-11-20(19)33/h1-4,7,9-10,19-20,29,33-34H,5-6,8,11H2/t19-,20-/m0/s1. The van der Waals surface area contributed by atoms with Crippen molar-refractivity contribution in [2.24, 2.45) is 10.2 Å². The largest absolute Gasteiger partial charge is 0.493 e. The molecule has 3 N–H and O–H groups in total. The number of nitrogens with zero attached hydrogens (tertiary/aromatic N) is 3. The van der Waals surface area contributed by atoms with E-state index < -0.39 is 40.5 Å². The number of nitrogens with one attached hydrogen (secondary N) is 1. The van der Waals surface area contributed by atoms with Gasteiger partial charge in [-0.05, 0) is 53.6 Å². The molecule has 36 heavy (non-hydrogen) atoms. The zero-order chi connectivity index (χ0) is 25.6. The number of hydrogen-bond acceptors (Lipinski definition) is 7. The summed E-state index contributed by atoms with van der Waals surface area (Å²) < 4.78 is 56.1. The van der Waals surface area contributed by atoms with Crippen molar-refractivity contribution >= 4 is 23.1 Å². The monoisotopic (exact) mass is 520 g/mol. The van der Waals surface area contributed by atoms with Crippen LogP contribution in [0.15, 0.2) is 51.4 Å². The van der Waals surface area contributed by atoms with Crippen LogP contribution in [0.25, 0.3) is 5.57 Å². The van der Waals surface area contributed by atoms with E-state index in [-0.39, 0.29) is 29.0 Å². The van der Waals surface area contributed by atoms with Crippen molar-refractivity contribution in [2.75, 3.05) is 13.1 Å². The van der Waals surface area contributed by atoms with Gasteiger partial charge in [0.05, 0.1) is 34.2 Å². The summed E-state index contributed by atoms with van der Waals surface area (Å²) in [6.07, 6.45) is -4.21. The summed E-state index contributed by atoms with van der Waals surface area (Å²) in [5.74, 6) is -1.46. The summed E-state index contributed by atoms with van der Waals surface area (Å²) in [6, 6.07) is 6.66. The van der Waals surface area contributed by atoms with Gasteiger partial charge < -0.3 is 15.5 Å². The molecule has 7 nitrogen and oxygen atoms in total. The molecule has 0 unspecified atom stereocenters. The highest BCUT2D eigenvalue weighted by Gasteiger charge is 2.35. The lowest BCUT2D eigenvalue weighted by Crippen LogP contribution is -2.43. The fourth-order valence-electron chi connectivity index (χ4n) is 4.56. The first-order valence-corrected chi connectivity index (χ1v) is 11.9. The van der Waals surface area contributed by atoms with E-state index in [1.807, 2.05) is 0 Å². The van der Waals surface area contributed by atoms with Gasteiger partial charge in [0.1, 0.15) is 5.82 Å². The average molecular weight is 521 g/mol. The Bertz CT molecular complexity index is 1540. The Morgan fingerprint density at radius 2 is 2.03 bits per heavy atom. The molecule has 0 radical (unpaired) electrons. The second kappa shape index (κ2) is 9.26. The Morgan fingerprint density at radius 1 is 1.22 bits per heavy atom. The van der Waals surface area contributed by atoms with E-state index >= 15 is 0 Å². The quantitative estimate of drug-likeness (QED) is 0.459. The fraction of sp³-hybridized carbons (Fsp3) is 0.292. The molecule has 3 heterocycles. The maximum atomic E-state index is 13.8. The molecule has 1 saturated heterocycles. The number of halogens is 4. The summed E-state index contributed by atoms with van der Waals surface area (Å²) in [6.45, 7) is 0.754. The molecular formula is C24H20F4N4O3S. The smallest absolute Gasteiger partial charge is 0.416 e. The molecule has 0 bridgehead atoms. The zero-order valence-electron chi connectivity index (χ0n) is 18.6. The number of fused-ring (bicyclic) bond motifs is 1. The number of aromatic nitrogens is 1. The fourth-order valence-corrected chi connectivity index (χ4v) is 5.55. The van der Waals surface area contributed by atoms with Gasteiger partial charge in [-0.25, -0.2) is 4.39 Å². The van der Waals surface area contributed by atoms with Crippen molar-refractivity contribution in [3.05, 3.63) is 84.0 Å². The van der Waals surface area contributed by atoms with Crippen LogP contribution in [0.4, 0.5) is 17.6 Å². The first-order valence-electron chi connectivity index (χ1n) is 11.1. The predicted molar refractivity (Wildman–Crippen MR) is 125 cm³/mol. The second-order valence-electron chi connectivity index (χ2n) is 8.59. The van der Waals surface area contributed by atoms with Crippen LogP contribution in [0, 0.1) is 5.82 Å². The van der Waals surface area contributed by atoms with Gasteiger partial charge in [0.15, 0.2) is 0 Å². The number of piperidine rings is 1. The molecule has 3 aromatic rings. The van der Waals surface area contributed by atoms with Crippen LogP contribution in [0.3, 0.4) is 0 Å². The predicted octanol–water partition coefficient (Wildman–Crippen LogP) is 2.08. The maximum Gasteiger partial charge on any atom is 0.416 e. The lowest BCUT2D eigenvalue weighted by atomic mass is 9.96. The third kappa shape index (κ3) is 4.47. The van der Waals surface area contributed by atoms with Crippen LogP contribution < -0.4 is 20.8 Å². The molecule has 1 fully saturated rings. The lowest BCUT2D eigenvalue weighted by Gasteiger charge is -2.29. The van der Waals surface area contributed by atoms with Gasteiger partial charge in [-0.3, -0.25) is 9.36 Å². The van der Waals surface area contributed by atoms with Gasteiger partial charge in [0, 0.05) is 18.5 Å². The summed E-state index contributed by atoms with van der Waals surface area (Å²) >= 11 is 0.685. The number of hydrogen-bond donors (Lipinski definition) is 3. The number of rotatable bonds is 4. The minimum absolute atomic E-state index is 0.0787. The number of aliphatic hydroxyl groups is 1. The normalized spacial score (nSPS) is 20.2. The first-order chi connectivity index (χ1) is 17.1. The van der Waals surface area contributed by atoms with Crippen LogP contribution in [0.5, 0.6) is 5.88 Å². The van der Waals surface area contributed by atoms with E-state index in [2.05, 4.69) is 15.5 Å². The molecule has 2 aromatic carbocycles. The third-order valence-electron chi connectivity index (χ3n) is 6.32. The molecule has 2 atom stereocenters. The van der Waals surface area contributed by atoms with Gasteiger partial charge >= 0.3 is 11.0 Å². The molecule has 12 heteroatoms. The van der Waals surface area contributed by atoms with Crippen LogP contribution in [-0.2, 0) is 12.6 Å². The molecule has 0 spiro atoms. The SMILES string of the molecule is O=c1sc(C(Cc2ccc(F)cc2C(F)(F)F)=c2ccc3c(c2)C=NN=3)c(O)n1[C@H]1CCNC[C@@H]1O. The van der Waals surface area contributed by atoms with Crippen molar-refractivity contribution in [1.29, 1.82) is 0 Å². The van der Waals surface area contributed by atoms with Gasteiger partial charge in [0.2, 0.25) is 5.88 Å². The highest BCUT2D eigenvalue weighted by Crippen LogP contribution is 2.37. The van der Waals surface area contributed by atoms with Crippen LogP contribution in [0.2, 0.25) is 0 Å². The van der Waals surface area contributed by atoms with Crippen LogP contribution >= 0.6 is 11.3 Å². The lowest BCUT2D eigenvalue weighted by molar-refractivity contribution is -0.138. The van der Waals surface area contributed by atoms with E-state index in [4.69, 9.17) is 0 Å². The molecule has 0 aliphatic carbocycles. The van der Waals surface area contributed by atoms with Gasteiger partial charge in [-0.1, -0.05) is 23.5 Å². The Morgan fingerprint density at radius 3 is 2.78 bits per heavy atom. The van der Waals surface area contributed by atoms with Gasteiger partial charge in [-0.15, -0.1) is 0 Å². The molecule has 0 amide bonds. The molecule has 5 rings (SSSR count). The number of β-amino-alcohol motifs (C(OH)–C–C–N with tert-alkyl or cyclic N) is 1. The van der Waals surface area contributed by atoms with E-state index in [0.717, 1.165) is 16.7 Å². The van der Waals surface area contributed by atoms with Crippen molar-refractivity contribution in [2.45, 2.75) is 31.2 Å². The molecule has 2 aliphatic rings. The van der Waals surface area contributed by atoms with E-state index in [1.54, 1.807) is 18.2 Å². The van der Waals surface area contributed by atoms with Gasteiger partial charge in [0.25, 0.3) is 0 Å². The number of aliphatic hydroxyl groups excluding tert-OH is 1. The van der Waals surface area contributed by atoms with Crippen LogP contribution in [0.1, 0.15) is 34.0 Å². The van der Waals surface area contributed by atoms with E-state index in [9.17, 15) is 32.6 Å². The average Bonchev–Trinajstić information content (AvgIpc) is 3.41. The second-order valence-corrected chi connectivity index (χ2v) is 9.55. The molecule has 0 saturated carbocycles. The number of thiazole rings is 1. The molecule has 2 aliphatic heterocycles. The summed E-state index contributed by atoms with van der Waals surface area (Å²) in [5.41, 5.74) is -0.485. The Balaban J connectivity index is 1.72. The van der Waals surface area contributed by atoms with E-state index in [0.29, 0.717) is 46.5 Å². The molecular weight excluding hydrogens is 500 g/mol. The highest BCUT2D eigenvalue weighted by atomic mass is 32.1. The summed E-state index contributed by atoms with van der Waals surface area (Å²) in [4.78, 5) is 12.5. The van der Waals surface area contributed by atoms with Crippen molar-refractivity contribution in [3.63, 3.8) is 0 Å². The highest BCUT2D eigenvalue weighted by molar-refractivity contribution is 7.10. The van der Waals surface area contributed by atoms with Crippen molar-refractivity contribution < 1.29 is 27.8 Å². The Hall–Kier alpha value is -3.35. The summed E-state index contributed by atoms with van der Waals surface area (Å²) in [7, 11) is 0. The van der Waals surface area contributed by atoms with Crippen LogP contribution in [-0.4, -0.2) is 40.2 Å². The topological polar surface area (TPSA) is 99.2 Å². The number of aromatic hydroxyl groups is 1. The third-order valence-corrected chi connectivity index (χ3v) is 7.32. The molecule has 1 aromatic heterocycles. The number of benzene rings is 2. The molecule has 188 valence electrons. The van der Waals surface area contributed by atoms with E-state index in [1.165, 1.54) is 6.21 Å². The number of alkyl halides is 3. The van der Waals surface area contributed by atoms with Crippen molar-refractivity contribution in [3.8, 4) is 5.88 Å². The maximum absolute atomic E-state index is 13.8. The minimum atomic E-state index is -4.81.